The van der Waals surface area contributed by atoms with Crippen LogP contribution < -0.4 is 0 Å². The fourth-order valence-corrected chi connectivity index (χ4v) is 3.45. The standard InChI is InChI=1S/C12H22O2/c1-13-11-7-8-12(14-2)10-6-4-3-5-9(10)11/h9-12H,3-8H2,1-2H3/t9-,10-,11-,12+/m1/s1. The molecule has 14 heavy (non-hydrogen) atoms. The number of hydrogen-bond acceptors (Lipinski definition) is 2. The van der Waals surface area contributed by atoms with Crippen LogP contribution in [0, 0.1) is 11.8 Å². The normalized spacial score (nSPS) is 43.3. The lowest BCUT2D eigenvalue weighted by Crippen LogP contribution is -2.44. The van der Waals surface area contributed by atoms with Crippen molar-refractivity contribution in [3.63, 3.8) is 0 Å². The van der Waals surface area contributed by atoms with E-state index in [4.69, 9.17) is 9.47 Å². The van der Waals surface area contributed by atoms with Gasteiger partial charge in [-0.05, 0) is 37.5 Å². The summed E-state index contributed by atoms with van der Waals surface area (Å²) in [6.07, 6.45) is 8.87. The van der Waals surface area contributed by atoms with Gasteiger partial charge in [-0.1, -0.05) is 12.8 Å². The van der Waals surface area contributed by atoms with Gasteiger partial charge in [0.15, 0.2) is 0 Å². The summed E-state index contributed by atoms with van der Waals surface area (Å²) in [4.78, 5) is 0. The highest BCUT2D eigenvalue weighted by molar-refractivity contribution is 4.91. The highest BCUT2D eigenvalue weighted by Gasteiger charge is 2.40. The largest absolute Gasteiger partial charge is 0.381 e. The predicted molar refractivity (Wildman–Crippen MR) is 56.3 cm³/mol. The quantitative estimate of drug-likeness (QED) is 0.679. The lowest BCUT2D eigenvalue weighted by Gasteiger charge is -2.44. The molecule has 0 amide bonds. The second-order valence-electron chi connectivity index (χ2n) is 4.74. The maximum absolute atomic E-state index is 5.60. The molecule has 0 aromatic rings. The van der Waals surface area contributed by atoms with Gasteiger partial charge in [-0.25, -0.2) is 0 Å². The molecule has 2 aliphatic rings. The van der Waals surface area contributed by atoms with E-state index in [-0.39, 0.29) is 0 Å². The minimum atomic E-state index is 0.506. The Balaban J connectivity index is 2.05. The van der Waals surface area contributed by atoms with Crippen LogP contribution in [0.3, 0.4) is 0 Å². The summed E-state index contributed by atoms with van der Waals surface area (Å²) in [6, 6.07) is 0. The molecular weight excluding hydrogens is 176 g/mol. The van der Waals surface area contributed by atoms with Crippen molar-refractivity contribution in [2.75, 3.05) is 14.2 Å². The molecule has 82 valence electrons. The van der Waals surface area contributed by atoms with Gasteiger partial charge in [-0.3, -0.25) is 0 Å². The zero-order valence-electron chi connectivity index (χ0n) is 9.37. The Hall–Kier alpha value is -0.0800. The van der Waals surface area contributed by atoms with Crippen LogP contribution in [0.15, 0.2) is 0 Å². The Labute approximate surface area is 87.0 Å². The summed E-state index contributed by atoms with van der Waals surface area (Å²) in [5.41, 5.74) is 0. The molecule has 2 aliphatic carbocycles. The van der Waals surface area contributed by atoms with E-state index in [1.165, 1.54) is 38.5 Å². The summed E-state index contributed by atoms with van der Waals surface area (Å²) in [7, 11) is 3.73. The molecule has 0 aliphatic heterocycles. The van der Waals surface area contributed by atoms with Crippen LogP contribution in [0.2, 0.25) is 0 Å². The van der Waals surface area contributed by atoms with Gasteiger partial charge in [0.25, 0.3) is 0 Å². The lowest BCUT2D eigenvalue weighted by atomic mass is 9.68. The van der Waals surface area contributed by atoms with E-state index < -0.39 is 0 Å². The molecule has 0 spiro atoms. The van der Waals surface area contributed by atoms with Gasteiger partial charge in [0.2, 0.25) is 0 Å². The summed E-state index contributed by atoms with van der Waals surface area (Å²) in [6.45, 7) is 0. The lowest BCUT2D eigenvalue weighted by molar-refractivity contribution is -0.0905. The minimum Gasteiger partial charge on any atom is -0.381 e. The zero-order chi connectivity index (χ0) is 9.97. The van der Waals surface area contributed by atoms with Crippen LogP contribution in [0.5, 0.6) is 0 Å². The van der Waals surface area contributed by atoms with Crippen molar-refractivity contribution in [2.24, 2.45) is 11.8 Å². The molecule has 0 bridgehead atoms. The molecule has 2 fully saturated rings. The van der Waals surface area contributed by atoms with Gasteiger partial charge in [0.05, 0.1) is 12.2 Å². The number of rotatable bonds is 2. The molecule has 0 aromatic carbocycles. The molecule has 0 unspecified atom stereocenters. The van der Waals surface area contributed by atoms with Gasteiger partial charge in [0, 0.05) is 14.2 Å². The van der Waals surface area contributed by atoms with Crippen LogP contribution in [0.25, 0.3) is 0 Å². The molecule has 0 radical (unpaired) electrons. The van der Waals surface area contributed by atoms with Crippen molar-refractivity contribution in [2.45, 2.75) is 50.7 Å². The zero-order valence-corrected chi connectivity index (χ0v) is 9.37. The second-order valence-corrected chi connectivity index (χ2v) is 4.74. The molecule has 2 saturated carbocycles. The molecule has 0 heterocycles. The minimum absolute atomic E-state index is 0.506. The first-order valence-corrected chi connectivity index (χ1v) is 5.92. The highest BCUT2D eigenvalue weighted by Crippen LogP contribution is 2.42. The summed E-state index contributed by atoms with van der Waals surface area (Å²) < 4.78 is 11.2. The Morgan fingerprint density at radius 3 is 1.50 bits per heavy atom. The van der Waals surface area contributed by atoms with E-state index in [1.807, 2.05) is 14.2 Å². The number of methoxy groups -OCH3 is 2. The van der Waals surface area contributed by atoms with Gasteiger partial charge in [-0.15, -0.1) is 0 Å². The van der Waals surface area contributed by atoms with E-state index >= 15 is 0 Å². The molecule has 4 atom stereocenters. The maximum atomic E-state index is 5.60. The van der Waals surface area contributed by atoms with Crippen molar-refractivity contribution in [3.8, 4) is 0 Å². The van der Waals surface area contributed by atoms with Crippen molar-refractivity contribution in [1.29, 1.82) is 0 Å². The number of ether oxygens (including phenoxy) is 2. The van der Waals surface area contributed by atoms with Crippen LogP contribution in [0.1, 0.15) is 38.5 Å². The Bertz CT molecular complexity index is 161. The van der Waals surface area contributed by atoms with E-state index in [9.17, 15) is 0 Å². The second kappa shape index (κ2) is 4.63. The van der Waals surface area contributed by atoms with E-state index in [0.29, 0.717) is 12.2 Å². The molecule has 0 saturated heterocycles. The molecule has 2 heteroatoms. The monoisotopic (exact) mass is 198 g/mol. The van der Waals surface area contributed by atoms with Gasteiger partial charge < -0.3 is 9.47 Å². The Kier molecular flexibility index (Phi) is 3.45. The average molecular weight is 198 g/mol. The third kappa shape index (κ3) is 1.82. The highest BCUT2D eigenvalue weighted by atomic mass is 16.5. The van der Waals surface area contributed by atoms with Gasteiger partial charge >= 0.3 is 0 Å². The van der Waals surface area contributed by atoms with Crippen LogP contribution >= 0.6 is 0 Å². The molecular formula is C12H22O2. The van der Waals surface area contributed by atoms with Crippen molar-refractivity contribution >= 4 is 0 Å². The summed E-state index contributed by atoms with van der Waals surface area (Å²) >= 11 is 0. The summed E-state index contributed by atoms with van der Waals surface area (Å²) in [5.74, 6) is 1.54. The molecule has 2 rings (SSSR count). The number of fused-ring (bicyclic) bond motifs is 1. The first kappa shape index (κ1) is 10.4. The average Bonchev–Trinajstić information content (AvgIpc) is 2.27. The number of hydrogen-bond donors (Lipinski definition) is 0. The van der Waals surface area contributed by atoms with Gasteiger partial charge in [-0.2, -0.15) is 0 Å². The predicted octanol–water partition coefficient (Wildman–Crippen LogP) is 2.62. The van der Waals surface area contributed by atoms with Crippen molar-refractivity contribution in [3.05, 3.63) is 0 Å². The SMILES string of the molecule is CO[C@H]1CC[C@@H](OC)[C@@H]2CCCC[C@H]21. The third-order valence-corrected chi connectivity index (χ3v) is 4.17. The van der Waals surface area contributed by atoms with Crippen molar-refractivity contribution < 1.29 is 9.47 Å². The van der Waals surface area contributed by atoms with E-state index in [1.54, 1.807) is 0 Å². The summed E-state index contributed by atoms with van der Waals surface area (Å²) in [5, 5.41) is 0. The van der Waals surface area contributed by atoms with E-state index in [0.717, 1.165) is 11.8 Å². The van der Waals surface area contributed by atoms with E-state index in [2.05, 4.69) is 0 Å². The third-order valence-electron chi connectivity index (χ3n) is 4.17. The van der Waals surface area contributed by atoms with Crippen LogP contribution in [-0.4, -0.2) is 26.4 Å². The fourth-order valence-electron chi connectivity index (χ4n) is 3.45. The first-order chi connectivity index (χ1) is 6.86. The van der Waals surface area contributed by atoms with Crippen LogP contribution in [0.4, 0.5) is 0 Å². The molecule has 0 aromatic heterocycles. The smallest absolute Gasteiger partial charge is 0.0604 e. The maximum Gasteiger partial charge on any atom is 0.0604 e. The fraction of sp³-hybridized carbons (Fsp3) is 1.00. The van der Waals surface area contributed by atoms with Crippen molar-refractivity contribution in [1.82, 2.24) is 0 Å². The van der Waals surface area contributed by atoms with Crippen LogP contribution in [-0.2, 0) is 9.47 Å². The Morgan fingerprint density at radius 1 is 0.714 bits per heavy atom. The first-order valence-electron chi connectivity index (χ1n) is 5.92. The Morgan fingerprint density at radius 2 is 1.14 bits per heavy atom. The topological polar surface area (TPSA) is 18.5 Å². The van der Waals surface area contributed by atoms with Gasteiger partial charge in [0.1, 0.15) is 0 Å². The molecule has 2 nitrogen and oxygen atoms in total. The molecule has 0 N–H and O–H groups in total.